The molecule has 7 rings (SSSR count). The Kier molecular flexibility index (Phi) is 5.44. The number of aryl methyl sites for hydroxylation is 2. The van der Waals surface area contributed by atoms with Crippen molar-refractivity contribution in [2.75, 3.05) is 0 Å². The van der Waals surface area contributed by atoms with Crippen molar-refractivity contribution in [2.45, 2.75) is 64.5 Å². The maximum absolute atomic E-state index is 13.6. The van der Waals surface area contributed by atoms with Gasteiger partial charge in [0.15, 0.2) is 10.9 Å². The van der Waals surface area contributed by atoms with Crippen LogP contribution in [0.15, 0.2) is 70.3 Å². The minimum atomic E-state index is 0.0528. The Balaban J connectivity index is 1.75. The van der Waals surface area contributed by atoms with Gasteiger partial charge in [-0.1, -0.05) is 62.8 Å². The van der Waals surface area contributed by atoms with Crippen LogP contribution < -0.4 is 10.9 Å². The number of nitrogens with zero attached hydrogens (tertiary/aromatic N) is 2. The molecule has 4 nitrogen and oxygen atoms in total. The molecule has 0 aliphatic carbocycles. The van der Waals surface area contributed by atoms with Crippen LogP contribution in [0.5, 0.6) is 0 Å². The molecule has 0 unspecified atom stereocenters. The second-order valence-corrected chi connectivity index (χ2v) is 9.71. The van der Waals surface area contributed by atoms with Crippen LogP contribution in [0, 0.1) is 0 Å². The molecule has 2 aliphatic rings. The summed E-state index contributed by atoms with van der Waals surface area (Å²) in [5, 5.41) is 2.93. The molecule has 0 fully saturated rings. The quantitative estimate of drug-likeness (QED) is 0.245. The van der Waals surface area contributed by atoms with Crippen LogP contribution in [0.1, 0.15) is 51.4 Å². The number of pyridine rings is 2. The summed E-state index contributed by atoms with van der Waals surface area (Å²) in [7, 11) is 0. The second kappa shape index (κ2) is 8.75. The predicted octanol–water partition coefficient (Wildman–Crippen LogP) is 6.76. The lowest BCUT2D eigenvalue weighted by Crippen LogP contribution is -2.16. The van der Waals surface area contributed by atoms with Gasteiger partial charge in [-0.05, 0) is 49.2 Å². The van der Waals surface area contributed by atoms with E-state index in [4.69, 9.17) is 0 Å². The van der Waals surface area contributed by atoms with E-state index in [-0.39, 0.29) is 10.9 Å². The molecule has 0 N–H and O–H groups in total. The van der Waals surface area contributed by atoms with E-state index in [1.54, 1.807) is 0 Å². The van der Waals surface area contributed by atoms with Gasteiger partial charge in [-0.15, -0.1) is 0 Å². The van der Waals surface area contributed by atoms with E-state index < -0.39 is 0 Å². The fourth-order valence-electron chi connectivity index (χ4n) is 5.82. The lowest BCUT2D eigenvalue weighted by Gasteiger charge is -2.19. The molecule has 34 heavy (non-hydrogen) atoms. The van der Waals surface area contributed by atoms with Crippen molar-refractivity contribution >= 4 is 43.6 Å². The molecule has 5 aromatic rings. The summed E-state index contributed by atoms with van der Waals surface area (Å²) in [6, 6.07) is 19.8. The molecule has 3 aromatic carbocycles. The molecule has 2 aromatic heterocycles. The second-order valence-electron chi connectivity index (χ2n) is 9.71. The van der Waals surface area contributed by atoms with E-state index in [1.165, 1.54) is 38.5 Å². The average molecular weight is 451 g/mol. The summed E-state index contributed by atoms with van der Waals surface area (Å²) in [6.07, 6.45) is 9.61. The van der Waals surface area contributed by atoms with Gasteiger partial charge in [0.25, 0.3) is 0 Å². The van der Waals surface area contributed by atoms with Crippen LogP contribution in [-0.4, -0.2) is 9.13 Å². The summed E-state index contributed by atoms with van der Waals surface area (Å²) in [4.78, 5) is 27.3. The summed E-state index contributed by atoms with van der Waals surface area (Å²) >= 11 is 0. The Bertz CT molecular complexity index is 1530. The number of hydrogen-bond acceptors (Lipinski definition) is 2. The molecule has 6 bridgehead atoms. The number of rotatable bonds is 0. The molecule has 0 saturated heterocycles. The summed E-state index contributed by atoms with van der Waals surface area (Å²) in [5.41, 5.74) is 3.78. The van der Waals surface area contributed by atoms with Gasteiger partial charge >= 0.3 is 0 Å². The van der Waals surface area contributed by atoms with Gasteiger partial charge in [-0.3, -0.25) is 9.59 Å². The standard InChI is InChI=1S/C30H30N2O2/c33-29-21-13-7-9-15-25(21)31-17-11-5-3-1-2-4-6-12-18-32-26-16-10-8-14-22(26)30(34)24-19-27(31)23(29)20-28(24)32/h7-10,13-16,19-20H,1-6,11-12,17-18H2. The van der Waals surface area contributed by atoms with Crippen LogP contribution in [0.2, 0.25) is 0 Å². The van der Waals surface area contributed by atoms with Crippen molar-refractivity contribution in [1.29, 1.82) is 0 Å². The van der Waals surface area contributed by atoms with Gasteiger partial charge in [0, 0.05) is 34.6 Å². The van der Waals surface area contributed by atoms with Gasteiger partial charge in [-0.25, -0.2) is 0 Å². The Hall–Kier alpha value is -3.40. The largest absolute Gasteiger partial charge is 0.340 e. The molecular formula is C30H30N2O2. The zero-order valence-corrected chi connectivity index (χ0v) is 19.6. The summed E-state index contributed by atoms with van der Waals surface area (Å²) in [5.74, 6) is 0. The third-order valence-electron chi connectivity index (χ3n) is 7.58. The molecule has 4 heteroatoms. The highest BCUT2D eigenvalue weighted by Crippen LogP contribution is 2.27. The molecule has 2 aliphatic heterocycles. The maximum atomic E-state index is 13.6. The van der Waals surface area contributed by atoms with Crippen LogP contribution in [0.4, 0.5) is 0 Å². The lowest BCUT2D eigenvalue weighted by atomic mass is 10.0. The van der Waals surface area contributed by atoms with Gasteiger partial charge in [0.1, 0.15) is 0 Å². The van der Waals surface area contributed by atoms with Gasteiger partial charge < -0.3 is 9.13 Å². The molecule has 4 heterocycles. The number of para-hydroxylation sites is 2. The van der Waals surface area contributed by atoms with Crippen LogP contribution in [-0.2, 0) is 13.1 Å². The minimum absolute atomic E-state index is 0.0528. The third-order valence-corrected chi connectivity index (χ3v) is 7.58. The van der Waals surface area contributed by atoms with E-state index in [0.29, 0.717) is 10.8 Å². The van der Waals surface area contributed by atoms with E-state index in [0.717, 1.165) is 58.8 Å². The molecule has 0 amide bonds. The van der Waals surface area contributed by atoms with Crippen molar-refractivity contribution in [3.63, 3.8) is 0 Å². The Labute approximate surface area is 198 Å². The predicted molar refractivity (Wildman–Crippen MR) is 142 cm³/mol. The number of aromatic nitrogens is 2. The summed E-state index contributed by atoms with van der Waals surface area (Å²) in [6.45, 7) is 1.70. The molecular weight excluding hydrogens is 420 g/mol. The first-order chi connectivity index (χ1) is 16.7. The number of fused-ring (bicyclic) bond motifs is 11. The molecule has 0 radical (unpaired) electrons. The van der Waals surface area contributed by atoms with Crippen molar-refractivity contribution in [2.24, 2.45) is 0 Å². The SMILES string of the molecule is O=c1c2ccccc2n2c3cc4c(=O)c5ccccc5n(c4cc13)CCCCCCCCCC2. The van der Waals surface area contributed by atoms with Crippen molar-refractivity contribution in [1.82, 2.24) is 9.13 Å². The molecule has 0 atom stereocenters. The highest BCUT2D eigenvalue weighted by atomic mass is 16.1. The fourth-order valence-corrected chi connectivity index (χ4v) is 5.82. The topological polar surface area (TPSA) is 44.0 Å². The molecule has 172 valence electrons. The number of hydrogen-bond donors (Lipinski definition) is 0. The normalized spacial score (nSPS) is 15.9. The highest BCUT2D eigenvalue weighted by Gasteiger charge is 2.16. The molecule has 0 spiro atoms. The zero-order valence-electron chi connectivity index (χ0n) is 19.6. The Morgan fingerprint density at radius 1 is 0.441 bits per heavy atom. The zero-order chi connectivity index (χ0) is 23.1. The van der Waals surface area contributed by atoms with Crippen LogP contribution in [0.25, 0.3) is 43.6 Å². The van der Waals surface area contributed by atoms with Gasteiger partial charge in [0.2, 0.25) is 0 Å². The fraction of sp³-hybridized carbons (Fsp3) is 0.333. The minimum Gasteiger partial charge on any atom is -0.340 e. The van der Waals surface area contributed by atoms with Crippen LogP contribution >= 0.6 is 0 Å². The van der Waals surface area contributed by atoms with Gasteiger partial charge in [-0.2, -0.15) is 0 Å². The van der Waals surface area contributed by atoms with E-state index in [9.17, 15) is 9.59 Å². The molecule has 0 saturated carbocycles. The van der Waals surface area contributed by atoms with E-state index in [1.807, 2.05) is 60.7 Å². The Morgan fingerprint density at radius 2 is 0.824 bits per heavy atom. The van der Waals surface area contributed by atoms with Crippen molar-refractivity contribution < 1.29 is 0 Å². The monoisotopic (exact) mass is 450 g/mol. The number of benzene rings is 3. The maximum Gasteiger partial charge on any atom is 0.197 e. The smallest absolute Gasteiger partial charge is 0.197 e. The first-order valence-electron chi connectivity index (χ1n) is 12.7. The average Bonchev–Trinajstić information content (AvgIpc) is 2.87. The van der Waals surface area contributed by atoms with E-state index in [2.05, 4.69) is 9.13 Å². The lowest BCUT2D eigenvalue weighted by molar-refractivity contribution is 0.535. The summed E-state index contributed by atoms with van der Waals surface area (Å²) < 4.78 is 4.55. The van der Waals surface area contributed by atoms with E-state index >= 15 is 0 Å². The first kappa shape index (κ1) is 21.2. The van der Waals surface area contributed by atoms with Crippen molar-refractivity contribution in [3.05, 3.63) is 81.1 Å². The third kappa shape index (κ3) is 3.44. The first-order valence-corrected chi connectivity index (χ1v) is 12.7. The van der Waals surface area contributed by atoms with Crippen molar-refractivity contribution in [3.8, 4) is 0 Å². The highest BCUT2D eigenvalue weighted by molar-refractivity contribution is 6.03. The van der Waals surface area contributed by atoms with Gasteiger partial charge in [0.05, 0.1) is 22.1 Å². The Morgan fingerprint density at radius 3 is 1.26 bits per heavy atom. The van der Waals surface area contributed by atoms with Crippen LogP contribution in [0.3, 0.4) is 0 Å².